The molecule has 18 heavy (non-hydrogen) atoms. The molecule has 2 rings (SSSR count). The van der Waals surface area contributed by atoms with Gasteiger partial charge in [-0.1, -0.05) is 12.1 Å². The fourth-order valence-corrected chi connectivity index (χ4v) is 2.53. The van der Waals surface area contributed by atoms with Gasteiger partial charge in [-0.15, -0.1) is 0 Å². The molecular formula is C13H19N3O2. The largest absolute Gasteiger partial charge is 0.481 e. The van der Waals surface area contributed by atoms with Gasteiger partial charge in [-0.3, -0.25) is 9.69 Å². The molecule has 0 radical (unpaired) electrons. The van der Waals surface area contributed by atoms with Crippen LogP contribution in [0.5, 0.6) is 0 Å². The number of nitrogens with two attached hydrogens (primary N) is 2. The number of anilines is 1. The number of nitrogens with zero attached hydrogens (tertiary/aromatic N) is 1. The highest BCUT2D eigenvalue weighted by Crippen LogP contribution is 2.28. The van der Waals surface area contributed by atoms with E-state index in [4.69, 9.17) is 16.6 Å². The Bertz CT molecular complexity index is 436. The van der Waals surface area contributed by atoms with Crippen LogP contribution < -0.4 is 11.5 Å². The molecule has 0 saturated carbocycles. The first-order valence-corrected chi connectivity index (χ1v) is 6.14. The lowest BCUT2D eigenvalue weighted by Crippen LogP contribution is -2.32. The van der Waals surface area contributed by atoms with Gasteiger partial charge in [-0.2, -0.15) is 0 Å². The quantitative estimate of drug-likeness (QED) is 0.682. The molecule has 5 heteroatoms. The highest BCUT2D eigenvalue weighted by atomic mass is 16.4. The summed E-state index contributed by atoms with van der Waals surface area (Å²) >= 11 is 0. The Hall–Kier alpha value is -1.59. The van der Waals surface area contributed by atoms with E-state index >= 15 is 0 Å². The maximum absolute atomic E-state index is 11.0. The average Bonchev–Trinajstić information content (AvgIpc) is 2.80. The summed E-state index contributed by atoms with van der Waals surface area (Å²) in [6.45, 7) is 1.80. The zero-order valence-electron chi connectivity index (χ0n) is 10.2. The third kappa shape index (κ3) is 2.63. The standard InChI is InChI=1S/C13H19N3O2/c14-7-12(9-2-1-3-11(15)6-9)16-5-4-10(8-16)13(17)18/h1-3,6,10,12H,4-5,7-8,14-15H2,(H,17,18)/t10-,12-/m1/s1. The molecule has 5 nitrogen and oxygen atoms in total. The highest BCUT2D eigenvalue weighted by Gasteiger charge is 2.32. The van der Waals surface area contributed by atoms with Gasteiger partial charge < -0.3 is 16.6 Å². The van der Waals surface area contributed by atoms with E-state index in [9.17, 15) is 4.79 Å². The van der Waals surface area contributed by atoms with E-state index in [1.165, 1.54) is 0 Å². The molecule has 2 atom stereocenters. The van der Waals surface area contributed by atoms with Crippen molar-refractivity contribution in [3.63, 3.8) is 0 Å². The molecule has 0 aliphatic carbocycles. The summed E-state index contributed by atoms with van der Waals surface area (Å²) in [4.78, 5) is 13.1. The summed E-state index contributed by atoms with van der Waals surface area (Å²) in [5, 5.41) is 9.02. The maximum Gasteiger partial charge on any atom is 0.307 e. The maximum atomic E-state index is 11.0. The smallest absolute Gasteiger partial charge is 0.307 e. The van der Waals surface area contributed by atoms with Crippen molar-refractivity contribution in [1.29, 1.82) is 0 Å². The fraction of sp³-hybridized carbons (Fsp3) is 0.462. The second kappa shape index (κ2) is 5.37. The van der Waals surface area contributed by atoms with E-state index < -0.39 is 5.97 Å². The van der Waals surface area contributed by atoms with E-state index in [-0.39, 0.29) is 12.0 Å². The van der Waals surface area contributed by atoms with E-state index in [0.717, 1.165) is 12.1 Å². The lowest BCUT2D eigenvalue weighted by molar-refractivity contribution is -0.141. The third-order valence-electron chi connectivity index (χ3n) is 3.53. The van der Waals surface area contributed by atoms with Crippen molar-refractivity contribution < 1.29 is 9.90 Å². The Morgan fingerprint density at radius 3 is 2.89 bits per heavy atom. The molecular weight excluding hydrogens is 230 g/mol. The molecule has 0 amide bonds. The summed E-state index contributed by atoms with van der Waals surface area (Å²) in [6, 6.07) is 7.69. The number of rotatable bonds is 4. The molecule has 1 fully saturated rings. The molecule has 1 saturated heterocycles. The van der Waals surface area contributed by atoms with Crippen molar-refractivity contribution in [3.8, 4) is 0 Å². The first kappa shape index (κ1) is 12.9. The zero-order chi connectivity index (χ0) is 13.1. The van der Waals surface area contributed by atoms with Crippen molar-refractivity contribution in [2.24, 2.45) is 11.7 Å². The molecule has 1 aromatic rings. The fourth-order valence-electron chi connectivity index (χ4n) is 2.53. The van der Waals surface area contributed by atoms with Crippen LogP contribution in [0.1, 0.15) is 18.0 Å². The van der Waals surface area contributed by atoms with Crippen LogP contribution in [0.15, 0.2) is 24.3 Å². The molecule has 1 aromatic carbocycles. The highest BCUT2D eigenvalue weighted by molar-refractivity contribution is 5.70. The van der Waals surface area contributed by atoms with Gasteiger partial charge >= 0.3 is 5.97 Å². The van der Waals surface area contributed by atoms with E-state index in [1.54, 1.807) is 0 Å². The molecule has 5 N–H and O–H groups in total. The Morgan fingerprint density at radius 1 is 1.56 bits per heavy atom. The van der Waals surface area contributed by atoms with Crippen molar-refractivity contribution in [2.75, 3.05) is 25.4 Å². The van der Waals surface area contributed by atoms with Gasteiger partial charge in [-0.05, 0) is 30.7 Å². The predicted molar refractivity (Wildman–Crippen MR) is 70.0 cm³/mol. The monoisotopic (exact) mass is 249 g/mol. The Morgan fingerprint density at radius 2 is 2.33 bits per heavy atom. The SMILES string of the molecule is NC[C@H](c1cccc(N)c1)N1CC[C@@H](C(=O)O)C1. The van der Waals surface area contributed by atoms with Crippen LogP contribution in [0.3, 0.4) is 0 Å². The molecule has 0 unspecified atom stereocenters. The minimum Gasteiger partial charge on any atom is -0.481 e. The third-order valence-corrected chi connectivity index (χ3v) is 3.53. The van der Waals surface area contributed by atoms with Gasteiger partial charge in [0.05, 0.1) is 5.92 Å². The first-order chi connectivity index (χ1) is 8.61. The second-order valence-corrected chi connectivity index (χ2v) is 4.74. The number of hydrogen-bond donors (Lipinski definition) is 3. The van der Waals surface area contributed by atoms with Crippen molar-refractivity contribution in [3.05, 3.63) is 29.8 Å². The van der Waals surface area contributed by atoms with Crippen LogP contribution in [-0.4, -0.2) is 35.6 Å². The number of benzene rings is 1. The van der Waals surface area contributed by atoms with Crippen molar-refractivity contribution >= 4 is 11.7 Å². The molecule has 0 aromatic heterocycles. The lowest BCUT2D eigenvalue weighted by atomic mass is 10.0. The number of carboxylic acids is 1. The molecule has 0 bridgehead atoms. The molecule has 0 spiro atoms. The van der Waals surface area contributed by atoms with Gasteiger partial charge in [0.2, 0.25) is 0 Å². The molecule has 1 aliphatic rings. The van der Waals surface area contributed by atoms with E-state index in [0.29, 0.717) is 25.2 Å². The minimum absolute atomic E-state index is 0.0536. The number of hydrogen-bond acceptors (Lipinski definition) is 4. The second-order valence-electron chi connectivity index (χ2n) is 4.74. The molecule has 1 heterocycles. The summed E-state index contributed by atoms with van der Waals surface area (Å²) in [5.74, 6) is -0.999. The van der Waals surface area contributed by atoms with Crippen LogP contribution in [0, 0.1) is 5.92 Å². The van der Waals surface area contributed by atoms with Gasteiger partial charge in [-0.25, -0.2) is 0 Å². The van der Waals surface area contributed by atoms with Gasteiger partial charge in [0.1, 0.15) is 0 Å². The number of aliphatic carboxylic acids is 1. The summed E-state index contributed by atoms with van der Waals surface area (Å²) in [6.07, 6.45) is 0.689. The summed E-state index contributed by atoms with van der Waals surface area (Å²) in [5.41, 5.74) is 13.4. The normalized spacial score (nSPS) is 21.9. The lowest BCUT2D eigenvalue weighted by Gasteiger charge is -2.27. The summed E-state index contributed by atoms with van der Waals surface area (Å²) < 4.78 is 0. The average molecular weight is 249 g/mol. The number of carboxylic acid groups (broad SMARTS) is 1. The van der Waals surface area contributed by atoms with E-state index in [1.807, 2.05) is 24.3 Å². The minimum atomic E-state index is -0.721. The van der Waals surface area contributed by atoms with E-state index in [2.05, 4.69) is 4.90 Å². The number of nitrogen functional groups attached to an aromatic ring is 1. The van der Waals surface area contributed by atoms with Crippen LogP contribution in [0.25, 0.3) is 0 Å². The predicted octanol–water partition coefficient (Wildman–Crippen LogP) is 0.675. The number of likely N-dealkylation sites (tertiary alicyclic amines) is 1. The topological polar surface area (TPSA) is 92.6 Å². The summed E-state index contributed by atoms with van der Waals surface area (Å²) in [7, 11) is 0. The van der Waals surface area contributed by atoms with Gasteiger partial charge in [0.25, 0.3) is 0 Å². The van der Waals surface area contributed by atoms with Crippen LogP contribution in [-0.2, 0) is 4.79 Å². The molecule has 1 aliphatic heterocycles. The van der Waals surface area contributed by atoms with Gasteiger partial charge in [0, 0.05) is 24.8 Å². The van der Waals surface area contributed by atoms with Crippen LogP contribution >= 0.6 is 0 Å². The Balaban J connectivity index is 2.13. The Kier molecular flexibility index (Phi) is 3.84. The zero-order valence-corrected chi connectivity index (χ0v) is 10.2. The number of carbonyl (C=O) groups is 1. The molecule has 98 valence electrons. The van der Waals surface area contributed by atoms with Crippen LogP contribution in [0.4, 0.5) is 5.69 Å². The van der Waals surface area contributed by atoms with Crippen molar-refractivity contribution in [1.82, 2.24) is 4.90 Å². The van der Waals surface area contributed by atoms with Crippen LogP contribution in [0.2, 0.25) is 0 Å². The first-order valence-electron chi connectivity index (χ1n) is 6.14. The van der Waals surface area contributed by atoms with Crippen molar-refractivity contribution in [2.45, 2.75) is 12.5 Å². The Labute approximate surface area is 106 Å². The van der Waals surface area contributed by atoms with Gasteiger partial charge in [0.15, 0.2) is 0 Å².